The summed E-state index contributed by atoms with van der Waals surface area (Å²) in [7, 11) is 0. The number of carbonyl (C=O) groups is 2. The van der Waals surface area contributed by atoms with Gasteiger partial charge >= 0.3 is 0 Å². The van der Waals surface area contributed by atoms with Gasteiger partial charge in [-0.25, -0.2) is 9.99 Å². The first-order valence-electron chi connectivity index (χ1n) is 9.70. The third kappa shape index (κ3) is 3.04. The summed E-state index contributed by atoms with van der Waals surface area (Å²) in [5, 5.41) is 0.935. The van der Waals surface area contributed by atoms with E-state index in [1.54, 1.807) is 42.5 Å². The molecular formula is C24H16ClN3O3. The summed E-state index contributed by atoms with van der Waals surface area (Å²) in [5.74, 6) is -0.0294. The molecule has 1 fully saturated rings. The predicted molar refractivity (Wildman–Crippen MR) is 119 cm³/mol. The van der Waals surface area contributed by atoms with Gasteiger partial charge in [-0.2, -0.15) is 4.68 Å². The summed E-state index contributed by atoms with van der Waals surface area (Å²) in [6.07, 6.45) is 0.747. The fourth-order valence-corrected chi connectivity index (χ4v) is 4.20. The number of aldehydes is 1. The Morgan fingerprint density at radius 2 is 1.55 bits per heavy atom. The van der Waals surface area contributed by atoms with Crippen LogP contribution >= 0.6 is 11.6 Å². The summed E-state index contributed by atoms with van der Waals surface area (Å²) in [6, 6.07) is 22.5. The van der Waals surface area contributed by atoms with Gasteiger partial charge in [-0.05, 0) is 17.7 Å². The van der Waals surface area contributed by atoms with Crippen molar-refractivity contribution < 1.29 is 9.59 Å². The number of halogens is 1. The molecule has 0 N–H and O–H groups in total. The maximum Gasteiger partial charge on any atom is 0.280 e. The average Bonchev–Trinajstić information content (AvgIpc) is 2.83. The topological polar surface area (TPSA) is 72.3 Å². The molecule has 4 aromatic rings. The van der Waals surface area contributed by atoms with E-state index in [4.69, 9.17) is 16.6 Å². The predicted octanol–water partition coefficient (Wildman–Crippen LogP) is 3.70. The minimum atomic E-state index is -0.830. The monoisotopic (exact) mass is 429 g/mol. The number of hydrogen-bond donors (Lipinski definition) is 0. The molecule has 6 nitrogen and oxygen atoms in total. The van der Waals surface area contributed by atoms with Crippen molar-refractivity contribution in [3.05, 3.63) is 100 Å². The van der Waals surface area contributed by atoms with E-state index in [1.807, 2.05) is 36.4 Å². The molecule has 3 aromatic carbocycles. The number of nitrogens with zero attached hydrogens (tertiary/aromatic N) is 3. The minimum absolute atomic E-state index is 0.351. The summed E-state index contributed by atoms with van der Waals surface area (Å²) >= 11 is 6.39. The molecule has 0 radical (unpaired) electrons. The third-order valence-corrected chi connectivity index (χ3v) is 5.84. The summed E-state index contributed by atoms with van der Waals surface area (Å²) in [5.41, 5.74) is 2.14. The lowest BCUT2D eigenvalue weighted by atomic mass is 9.94. The van der Waals surface area contributed by atoms with E-state index in [2.05, 4.69) is 0 Å². The van der Waals surface area contributed by atoms with E-state index < -0.39 is 11.4 Å². The first kappa shape index (κ1) is 19.2. The van der Waals surface area contributed by atoms with Crippen molar-refractivity contribution in [1.82, 2.24) is 9.66 Å². The highest BCUT2D eigenvalue weighted by Gasteiger charge is 2.50. The molecule has 1 amide bonds. The fourth-order valence-electron chi connectivity index (χ4n) is 3.84. The van der Waals surface area contributed by atoms with Crippen molar-refractivity contribution >= 4 is 34.7 Å². The molecule has 31 heavy (non-hydrogen) atoms. The molecule has 2 unspecified atom stereocenters. The molecule has 2 atom stereocenters. The van der Waals surface area contributed by atoms with Crippen LogP contribution < -0.4 is 10.6 Å². The van der Waals surface area contributed by atoms with Gasteiger partial charge in [0.05, 0.1) is 10.9 Å². The van der Waals surface area contributed by atoms with Crippen molar-refractivity contribution in [2.75, 3.05) is 5.01 Å². The molecule has 0 bridgehead atoms. The zero-order valence-electron chi connectivity index (χ0n) is 16.2. The van der Waals surface area contributed by atoms with Crippen LogP contribution in [0.25, 0.3) is 22.3 Å². The zero-order chi connectivity index (χ0) is 21.5. The number of para-hydroxylation sites is 1. The van der Waals surface area contributed by atoms with Crippen molar-refractivity contribution in [1.29, 1.82) is 0 Å². The smallest absolute Gasteiger partial charge is 0.280 e. The van der Waals surface area contributed by atoms with Gasteiger partial charge in [0, 0.05) is 11.1 Å². The molecule has 2 heterocycles. The Morgan fingerprint density at radius 3 is 2.26 bits per heavy atom. The van der Waals surface area contributed by atoms with Gasteiger partial charge in [0.1, 0.15) is 17.7 Å². The van der Waals surface area contributed by atoms with Gasteiger partial charge in [0.25, 0.3) is 11.5 Å². The van der Waals surface area contributed by atoms with Crippen molar-refractivity contribution in [3.8, 4) is 11.4 Å². The maximum atomic E-state index is 13.5. The molecule has 1 saturated heterocycles. The Kier molecular flexibility index (Phi) is 4.64. The Bertz CT molecular complexity index is 1370. The molecule has 7 heteroatoms. The van der Waals surface area contributed by atoms with Crippen LogP contribution in [0.2, 0.25) is 0 Å². The zero-order valence-corrected chi connectivity index (χ0v) is 16.9. The molecule has 1 aromatic heterocycles. The Labute approximate surface area is 182 Å². The number of rotatable bonds is 4. The van der Waals surface area contributed by atoms with Gasteiger partial charge in [-0.1, -0.05) is 66.7 Å². The molecule has 1 aliphatic rings. The maximum absolute atomic E-state index is 13.5. The Morgan fingerprint density at radius 1 is 0.871 bits per heavy atom. The second-order valence-electron chi connectivity index (χ2n) is 7.25. The lowest BCUT2D eigenvalue weighted by molar-refractivity contribution is -0.126. The van der Waals surface area contributed by atoms with Crippen LogP contribution in [0.3, 0.4) is 0 Å². The molecule has 0 spiro atoms. The van der Waals surface area contributed by atoms with Crippen molar-refractivity contribution in [2.45, 2.75) is 11.4 Å². The first-order chi connectivity index (χ1) is 15.1. The number of β-lactam (4-membered cyclic amide) rings is 1. The van der Waals surface area contributed by atoms with Crippen LogP contribution in [0, 0.1) is 0 Å². The van der Waals surface area contributed by atoms with Crippen LogP contribution in [-0.4, -0.2) is 27.2 Å². The van der Waals surface area contributed by atoms with E-state index in [1.165, 1.54) is 9.69 Å². The van der Waals surface area contributed by atoms with E-state index in [0.717, 1.165) is 11.8 Å². The van der Waals surface area contributed by atoms with E-state index >= 15 is 0 Å². The third-order valence-electron chi connectivity index (χ3n) is 5.42. The highest BCUT2D eigenvalue weighted by molar-refractivity contribution is 6.36. The highest BCUT2D eigenvalue weighted by atomic mass is 35.5. The van der Waals surface area contributed by atoms with Gasteiger partial charge in [0.15, 0.2) is 5.82 Å². The van der Waals surface area contributed by atoms with Crippen molar-refractivity contribution in [2.24, 2.45) is 0 Å². The Hall–Kier alpha value is -3.77. The molecule has 5 rings (SSSR count). The van der Waals surface area contributed by atoms with Crippen LogP contribution in [0.15, 0.2) is 83.7 Å². The molecular weight excluding hydrogens is 414 g/mol. The van der Waals surface area contributed by atoms with Gasteiger partial charge in [-0.15, -0.1) is 11.6 Å². The SMILES string of the molecule is O=Cc1ccc(C2C(Cl)C(=O)N2n2c(-c3ccccc3)nc3ccccc3c2=O)cc1. The lowest BCUT2D eigenvalue weighted by Gasteiger charge is -2.45. The van der Waals surface area contributed by atoms with E-state index in [0.29, 0.717) is 27.9 Å². The Balaban J connectivity index is 1.74. The molecule has 0 aliphatic carbocycles. The van der Waals surface area contributed by atoms with Gasteiger partial charge < -0.3 is 0 Å². The van der Waals surface area contributed by atoms with Crippen LogP contribution in [0.1, 0.15) is 22.0 Å². The second-order valence-corrected chi connectivity index (χ2v) is 7.72. The number of aromatic nitrogens is 2. The molecule has 0 saturated carbocycles. The summed E-state index contributed by atoms with van der Waals surface area (Å²) < 4.78 is 1.32. The van der Waals surface area contributed by atoms with Gasteiger partial charge in [-0.3, -0.25) is 14.4 Å². The highest BCUT2D eigenvalue weighted by Crippen LogP contribution is 2.38. The summed E-state index contributed by atoms with van der Waals surface area (Å²) in [4.78, 5) is 42.1. The van der Waals surface area contributed by atoms with E-state index in [9.17, 15) is 14.4 Å². The van der Waals surface area contributed by atoms with Crippen molar-refractivity contribution in [3.63, 3.8) is 0 Å². The molecule has 1 aliphatic heterocycles. The van der Waals surface area contributed by atoms with E-state index in [-0.39, 0.29) is 11.5 Å². The molecule has 152 valence electrons. The minimum Gasteiger partial charge on any atom is -0.298 e. The number of alkyl halides is 1. The standard InChI is InChI=1S/C24H16ClN3O3/c25-20-21(16-12-10-15(14-29)11-13-16)27(24(20)31)28-22(17-6-2-1-3-7-17)26-19-9-5-4-8-18(19)23(28)30/h1-14,20-21H. The van der Waals surface area contributed by atoms with Crippen LogP contribution in [0.4, 0.5) is 0 Å². The number of amides is 1. The lowest BCUT2D eigenvalue weighted by Crippen LogP contribution is -2.64. The summed E-state index contributed by atoms with van der Waals surface area (Å²) in [6.45, 7) is 0. The average molecular weight is 430 g/mol. The van der Waals surface area contributed by atoms with Crippen LogP contribution in [0.5, 0.6) is 0 Å². The van der Waals surface area contributed by atoms with Gasteiger partial charge in [0.2, 0.25) is 0 Å². The largest absolute Gasteiger partial charge is 0.298 e. The number of hydrogen-bond acceptors (Lipinski definition) is 4. The normalized spacial score (nSPS) is 18.1. The second kappa shape index (κ2) is 7.49. The number of carbonyl (C=O) groups excluding carboxylic acids is 2. The fraction of sp³-hybridized carbons (Fsp3) is 0.0833. The number of benzene rings is 3. The number of fused-ring (bicyclic) bond motifs is 1. The van der Waals surface area contributed by atoms with Crippen LogP contribution in [-0.2, 0) is 4.79 Å². The first-order valence-corrected chi connectivity index (χ1v) is 10.1. The quantitative estimate of drug-likeness (QED) is 0.282.